The molecule has 0 saturated heterocycles. The Bertz CT molecular complexity index is 892. The lowest BCUT2D eigenvalue weighted by molar-refractivity contribution is -0.158. The van der Waals surface area contributed by atoms with E-state index in [1.807, 2.05) is 13.8 Å². The predicted octanol–water partition coefficient (Wildman–Crippen LogP) is 3.90. The standard InChI is InChI=1S/C28H43NO7/c1-18(2)21(16-25(33)36-28(6,7)8)26(34)29-22(13-14-24(32)35-27(3,4)5)23(31)15-19-9-11-20(17-30)12-10-19/h9-12,18,21-22,30H,13-17H2,1-8H3,(H,29,34)/t21-,22-/m0/s1. The number of hydrogen-bond donors (Lipinski definition) is 2. The van der Waals surface area contributed by atoms with Crippen LogP contribution in [0.2, 0.25) is 0 Å². The summed E-state index contributed by atoms with van der Waals surface area (Å²) < 4.78 is 10.7. The van der Waals surface area contributed by atoms with Crippen LogP contribution in [-0.2, 0) is 41.7 Å². The minimum Gasteiger partial charge on any atom is -0.460 e. The molecule has 0 unspecified atom stereocenters. The van der Waals surface area contributed by atoms with Gasteiger partial charge < -0.3 is 19.9 Å². The van der Waals surface area contributed by atoms with Gasteiger partial charge in [-0.2, -0.15) is 0 Å². The smallest absolute Gasteiger partial charge is 0.307 e. The fourth-order valence-electron chi connectivity index (χ4n) is 3.53. The van der Waals surface area contributed by atoms with E-state index in [1.165, 1.54) is 0 Å². The second-order valence-corrected chi connectivity index (χ2v) is 11.4. The van der Waals surface area contributed by atoms with Crippen molar-refractivity contribution in [1.82, 2.24) is 5.32 Å². The summed E-state index contributed by atoms with van der Waals surface area (Å²) in [5, 5.41) is 12.0. The van der Waals surface area contributed by atoms with Crippen LogP contribution >= 0.6 is 0 Å². The number of nitrogens with one attached hydrogen (secondary N) is 1. The molecule has 0 aliphatic carbocycles. The molecule has 0 radical (unpaired) electrons. The molecule has 0 spiro atoms. The highest BCUT2D eigenvalue weighted by molar-refractivity contribution is 5.92. The Morgan fingerprint density at radius 1 is 0.861 bits per heavy atom. The first-order valence-electron chi connectivity index (χ1n) is 12.5. The zero-order valence-electron chi connectivity index (χ0n) is 23.0. The van der Waals surface area contributed by atoms with Gasteiger partial charge in [-0.1, -0.05) is 38.1 Å². The molecule has 1 aromatic carbocycles. The Hall–Kier alpha value is -2.74. The number of aliphatic hydroxyl groups is 1. The molecule has 0 heterocycles. The summed E-state index contributed by atoms with van der Waals surface area (Å²) in [4.78, 5) is 51.1. The van der Waals surface area contributed by atoms with Gasteiger partial charge in [0.05, 0.1) is 25.0 Å². The molecular formula is C28H43NO7. The van der Waals surface area contributed by atoms with Gasteiger partial charge in [0.15, 0.2) is 5.78 Å². The Balaban J connectivity index is 3.02. The molecule has 8 heteroatoms. The number of carbonyl (C=O) groups is 4. The van der Waals surface area contributed by atoms with E-state index in [-0.39, 0.29) is 44.0 Å². The molecule has 0 bridgehead atoms. The van der Waals surface area contributed by atoms with E-state index in [0.717, 1.165) is 11.1 Å². The average Bonchev–Trinajstić information content (AvgIpc) is 2.72. The van der Waals surface area contributed by atoms with Crippen LogP contribution in [0.1, 0.15) is 85.8 Å². The number of hydrogen-bond acceptors (Lipinski definition) is 7. The minimum absolute atomic E-state index is 0.0450. The fraction of sp³-hybridized carbons (Fsp3) is 0.643. The maximum Gasteiger partial charge on any atom is 0.307 e. The fourth-order valence-corrected chi connectivity index (χ4v) is 3.53. The Morgan fingerprint density at radius 2 is 1.36 bits per heavy atom. The number of Topliss-reactive ketones (excluding diaryl/α,β-unsaturated/α-hetero) is 1. The maximum absolute atomic E-state index is 13.2. The molecule has 2 atom stereocenters. The van der Waals surface area contributed by atoms with E-state index in [2.05, 4.69) is 5.32 Å². The van der Waals surface area contributed by atoms with Gasteiger partial charge in [-0.3, -0.25) is 19.2 Å². The molecular weight excluding hydrogens is 462 g/mol. The molecule has 0 fully saturated rings. The van der Waals surface area contributed by atoms with E-state index in [0.29, 0.717) is 0 Å². The third kappa shape index (κ3) is 12.3. The van der Waals surface area contributed by atoms with Crippen LogP contribution in [0.15, 0.2) is 24.3 Å². The van der Waals surface area contributed by atoms with Gasteiger partial charge in [0, 0.05) is 12.8 Å². The van der Waals surface area contributed by atoms with Gasteiger partial charge in [0.1, 0.15) is 11.2 Å². The summed E-state index contributed by atoms with van der Waals surface area (Å²) in [6, 6.07) is 6.02. The second kappa shape index (κ2) is 13.5. The Morgan fingerprint density at radius 3 is 1.83 bits per heavy atom. The molecule has 1 rings (SSSR count). The van der Waals surface area contributed by atoms with E-state index >= 15 is 0 Å². The van der Waals surface area contributed by atoms with Crippen LogP contribution in [0.5, 0.6) is 0 Å². The van der Waals surface area contributed by atoms with Crippen molar-refractivity contribution in [3.05, 3.63) is 35.4 Å². The van der Waals surface area contributed by atoms with Crippen molar-refractivity contribution in [2.45, 2.75) is 105 Å². The monoisotopic (exact) mass is 505 g/mol. The summed E-state index contributed by atoms with van der Waals surface area (Å²) in [5.41, 5.74) is 0.114. The molecule has 1 aromatic rings. The number of benzene rings is 1. The average molecular weight is 506 g/mol. The lowest BCUT2D eigenvalue weighted by Crippen LogP contribution is -2.46. The van der Waals surface area contributed by atoms with Gasteiger partial charge in [0.25, 0.3) is 0 Å². The highest BCUT2D eigenvalue weighted by atomic mass is 16.6. The first-order valence-corrected chi connectivity index (χ1v) is 12.5. The largest absolute Gasteiger partial charge is 0.460 e. The molecule has 0 saturated carbocycles. The number of aliphatic hydroxyl groups excluding tert-OH is 1. The quantitative estimate of drug-likeness (QED) is 0.414. The van der Waals surface area contributed by atoms with Gasteiger partial charge in [-0.15, -0.1) is 0 Å². The van der Waals surface area contributed by atoms with E-state index < -0.39 is 41.0 Å². The zero-order chi connectivity index (χ0) is 27.7. The number of amides is 1. The highest BCUT2D eigenvalue weighted by Gasteiger charge is 2.31. The van der Waals surface area contributed by atoms with Crippen molar-refractivity contribution < 1.29 is 33.8 Å². The minimum atomic E-state index is -0.928. The van der Waals surface area contributed by atoms with Crippen molar-refractivity contribution in [2.24, 2.45) is 11.8 Å². The summed E-state index contributed by atoms with van der Waals surface area (Å²) in [6.07, 6.45) is -0.0406. The molecule has 8 nitrogen and oxygen atoms in total. The number of carbonyl (C=O) groups excluding carboxylic acids is 4. The summed E-state index contributed by atoms with van der Waals surface area (Å²) >= 11 is 0. The van der Waals surface area contributed by atoms with Crippen LogP contribution < -0.4 is 5.32 Å². The van der Waals surface area contributed by atoms with E-state index in [4.69, 9.17) is 9.47 Å². The SMILES string of the molecule is CC(C)[C@H](CC(=O)OC(C)(C)C)C(=O)N[C@@H](CCC(=O)OC(C)(C)C)C(=O)Cc1ccc(CO)cc1. The molecule has 0 aromatic heterocycles. The van der Waals surface area contributed by atoms with Crippen molar-refractivity contribution >= 4 is 23.6 Å². The predicted molar refractivity (Wildman–Crippen MR) is 137 cm³/mol. The van der Waals surface area contributed by atoms with Crippen LogP contribution in [0.4, 0.5) is 0 Å². The van der Waals surface area contributed by atoms with Crippen molar-refractivity contribution in [3.63, 3.8) is 0 Å². The van der Waals surface area contributed by atoms with Gasteiger partial charge in [0.2, 0.25) is 5.91 Å². The van der Waals surface area contributed by atoms with Crippen LogP contribution in [0.3, 0.4) is 0 Å². The molecule has 1 amide bonds. The first kappa shape index (κ1) is 31.3. The summed E-state index contributed by atoms with van der Waals surface area (Å²) in [5.74, 6) is -2.52. The van der Waals surface area contributed by atoms with Crippen molar-refractivity contribution in [1.29, 1.82) is 0 Å². The van der Waals surface area contributed by atoms with E-state index in [9.17, 15) is 24.3 Å². The molecule has 0 aliphatic rings. The lowest BCUT2D eigenvalue weighted by Gasteiger charge is -2.26. The van der Waals surface area contributed by atoms with Crippen molar-refractivity contribution in [2.75, 3.05) is 0 Å². The van der Waals surface area contributed by atoms with Gasteiger partial charge >= 0.3 is 11.9 Å². The Kier molecular flexibility index (Phi) is 11.8. The molecule has 36 heavy (non-hydrogen) atoms. The maximum atomic E-state index is 13.2. The third-order valence-corrected chi connectivity index (χ3v) is 5.29. The van der Waals surface area contributed by atoms with Gasteiger partial charge in [-0.25, -0.2) is 0 Å². The summed E-state index contributed by atoms with van der Waals surface area (Å²) in [6.45, 7) is 14.1. The van der Waals surface area contributed by atoms with Crippen molar-refractivity contribution in [3.8, 4) is 0 Å². The van der Waals surface area contributed by atoms with Crippen LogP contribution in [-0.4, -0.2) is 46.0 Å². The highest BCUT2D eigenvalue weighted by Crippen LogP contribution is 2.20. The zero-order valence-corrected chi connectivity index (χ0v) is 23.0. The number of esters is 2. The first-order chi connectivity index (χ1) is 16.5. The molecule has 202 valence electrons. The molecule has 0 aliphatic heterocycles. The number of ether oxygens (including phenoxy) is 2. The van der Waals surface area contributed by atoms with Crippen LogP contribution in [0.25, 0.3) is 0 Å². The van der Waals surface area contributed by atoms with E-state index in [1.54, 1.807) is 65.8 Å². The lowest BCUT2D eigenvalue weighted by atomic mass is 9.90. The Labute approximate surface area is 215 Å². The topological polar surface area (TPSA) is 119 Å². The number of rotatable bonds is 12. The van der Waals surface area contributed by atoms with Crippen LogP contribution in [0, 0.1) is 11.8 Å². The van der Waals surface area contributed by atoms with Gasteiger partial charge in [-0.05, 0) is 65.0 Å². The second-order valence-electron chi connectivity index (χ2n) is 11.4. The third-order valence-electron chi connectivity index (χ3n) is 5.29. The normalized spacial score (nSPS) is 13.6. The number of ketones is 1. The molecule has 2 N–H and O–H groups in total. The summed E-state index contributed by atoms with van der Waals surface area (Å²) in [7, 11) is 0.